The second-order valence-corrected chi connectivity index (χ2v) is 5.53. The average Bonchev–Trinajstić information content (AvgIpc) is 2.50. The predicted octanol–water partition coefficient (Wildman–Crippen LogP) is 4.11. The Morgan fingerprint density at radius 2 is 1.71 bits per heavy atom. The van der Waals surface area contributed by atoms with Gasteiger partial charge in [-0.2, -0.15) is 5.10 Å². The molecule has 0 saturated carbocycles. The summed E-state index contributed by atoms with van der Waals surface area (Å²) in [5, 5.41) is 5.29. The minimum absolute atomic E-state index is 0.723. The Balaban J connectivity index is 2.14. The van der Waals surface area contributed by atoms with Crippen LogP contribution in [0.4, 0.5) is 5.69 Å². The zero-order valence-corrected chi connectivity index (χ0v) is 13.1. The summed E-state index contributed by atoms with van der Waals surface area (Å²) in [5.41, 5.74) is 6.21. The smallest absolute Gasteiger partial charge is 0.0692 e. The second kappa shape index (κ2) is 7.81. The van der Waals surface area contributed by atoms with E-state index < -0.39 is 0 Å². The van der Waals surface area contributed by atoms with E-state index in [9.17, 15) is 0 Å². The van der Waals surface area contributed by atoms with Gasteiger partial charge in [-0.3, -0.25) is 5.43 Å². The SMILES string of the molecule is CN(C)CC/C(=N\Nc1ccc(Cl)cc1)c1ccccc1. The van der Waals surface area contributed by atoms with Crippen LogP contribution in [0.5, 0.6) is 0 Å². The summed E-state index contributed by atoms with van der Waals surface area (Å²) in [6, 6.07) is 17.8. The number of hydrogen-bond acceptors (Lipinski definition) is 3. The first-order valence-electron chi connectivity index (χ1n) is 6.93. The molecule has 0 aliphatic rings. The molecule has 0 fully saturated rings. The summed E-state index contributed by atoms with van der Waals surface area (Å²) < 4.78 is 0. The Bertz CT molecular complexity index is 577. The lowest BCUT2D eigenvalue weighted by molar-refractivity contribution is 0.422. The normalized spacial score (nSPS) is 11.7. The lowest BCUT2D eigenvalue weighted by atomic mass is 10.1. The summed E-state index contributed by atoms with van der Waals surface area (Å²) >= 11 is 5.89. The molecule has 110 valence electrons. The molecule has 0 radical (unpaired) electrons. The van der Waals surface area contributed by atoms with Crippen molar-refractivity contribution in [2.75, 3.05) is 26.1 Å². The lowest BCUT2D eigenvalue weighted by Crippen LogP contribution is -2.18. The Morgan fingerprint density at radius 3 is 2.33 bits per heavy atom. The van der Waals surface area contributed by atoms with E-state index in [4.69, 9.17) is 11.6 Å². The highest BCUT2D eigenvalue weighted by Crippen LogP contribution is 2.14. The van der Waals surface area contributed by atoms with Crippen LogP contribution in [0.2, 0.25) is 5.02 Å². The topological polar surface area (TPSA) is 27.6 Å². The first-order chi connectivity index (χ1) is 10.1. The molecule has 0 aliphatic carbocycles. The largest absolute Gasteiger partial charge is 0.309 e. The van der Waals surface area contributed by atoms with Crippen LogP contribution >= 0.6 is 11.6 Å². The quantitative estimate of drug-likeness (QED) is 0.642. The Hall–Kier alpha value is -1.84. The number of benzene rings is 2. The van der Waals surface area contributed by atoms with E-state index in [1.165, 1.54) is 0 Å². The van der Waals surface area contributed by atoms with Gasteiger partial charge in [0.1, 0.15) is 0 Å². The highest BCUT2D eigenvalue weighted by molar-refractivity contribution is 6.30. The van der Waals surface area contributed by atoms with Gasteiger partial charge in [-0.25, -0.2) is 0 Å². The highest BCUT2D eigenvalue weighted by atomic mass is 35.5. The first-order valence-corrected chi connectivity index (χ1v) is 7.31. The molecule has 2 aromatic carbocycles. The Morgan fingerprint density at radius 1 is 1.05 bits per heavy atom. The van der Waals surface area contributed by atoms with E-state index in [-0.39, 0.29) is 0 Å². The molecule has 21 heavy (non-hydrogen) atoms. The van der Waals surface area contributed by atoms with Gasteiger partial charge in [0.15, 0.2) is 0 Å². The van der Waals surface area contributed by atoms with E-state index in [0.717, 1.165) is 35.0 Å². The monoisotopic (exact) mass is 301 g/mol. The summed E-state index contributed by atoms with van der Waals surface area (Å²) in [5.74, 6) is 0. The van der Waals surface area contributed by atoms with Crippen molar-refractivity contribution in [2.45, 2.75) is 6.42 Å². The molecule has 0 amide bonds. The lowest BCUT2D eigenvalue weighted by Gasteiger charge is -2.12. The fourth-order valence-corrected chi connectivity index (χ4v) is 2.01. The molecular weight excluding hydrogens is 282 g/mol. The maximum absolute atomic E-state index is 5.89. The van der Waals surface area contributed by atoms with Gasteiger partial charge in [-0.15, -0.1) is 0 Å². The van der Waals surface area contributed by atoms with Gasteiger partial charge in [0.2, 0.25) is 0 Å². The fourth-order valence-electron chi connectivity index (χ4n) is 1.88. The van der Waals surface area contributed by atoms with Gasteiger partial charge in [0, 0.05) is 18.0 Å². The molecule has 0 saturated heterocycles. The minimum Gasteiger partial charge on any atom is -0.309 e. The molecule has 0 atom stereocenters. The first kappa shape index (κ1) is 15.5. The van der Waals surface area contributed by atoms with Crippen molar-refractivity contribution in [3.8, 4) is 0 Å². The molecule has 0 heterocycles. The van der Waals surface area contributed by atoms with Gasteiger partial charge >= 0.3 is 0 Å². The van der Waals surface area contributed by atoms with E-state index in [1.54, 1.807) is 0 Å². The van der Waals surface area contributed by atoms with Crippen LogP contribution < -0.4 is 5.43 Å². The number of nitrogens with one attached hydrogen (secondary N) is 1. The number of hydrogen-bond donors (Lipinski definition) is 1. The van der Waals surface area contributed by atoms with Gasteiger partial charge in [-0.05, 0) is 43.9 Å². The zero-order valence-electron chi connectivity index (χ0n) is 12.4. The number of nitrogens with zero attached hydrogens (tertiary/aromatic N) is 2. The van der Waals surface area contributed by atoms with Crippen LogP contribution in [-0.2, 0) is 0 Å². The van der Waals surface area contributed by atoms with Crippen LogP contribution in [0, 0.1) is 0 Å². The van der Waals surface area contributed by atoms with Crippen molar-refractivity contribution in [3.63, 3.8) is 0 Å². The second-order valence-electron chi connectivity index (χ2n) is 5.10. The fraction of sp³-hybridized carbons (Fsp3) is 0.235. The standard InChI is InChI=1S/C17H20ClN3/c1-21(2)13-12-17(14-6-4-3-5-7-14)20-19-16-10-8-15(18)9-11-16/h3-11,19H,12-13H2,1-2H3/b20-17+. The number of anilines is 1. The molecule has 0 aliphatic heterocycles. The van der Waals surface area contributed by atoms with Crippen LogP contribution in [0.1, 0.15) is 12.0 Å². The number of halogens is 1. The number of rotatable bonds is 6. The minimum atomic E-state index is 0.723. The van der Waals surface area contributed by atoms with Crippen LogP contribution in [0.15, 0.2) is 59.7 Å². The third-order valence-corrected chi connectivity index (χ3v) is 3.32. The van der Waals surface area contributed by atoms with Crippen molar-refractivity contribution < 1.29 is 0 Å². The van der Waals surface area contributed by atoms with Gasteiger partial charge in [0.25, 0.3) is 0 Å². The summed E-state index contributed by atoms with van der Waals surface area (Å²) in [4.78, 5) is 2.15. The van der Waals surface area contributed by atoms with Crippen molar-refractivity contribution >= 4 is 23.0 Å². The van der Waals surface area contributed by atoms with Crippen molar-refractivity contribution in [3.05, 3.63) is 65.2 Å². The van der Waals surface area contributed by atoms with Crippen molar-refractivity contribution in [2.24, 2.45) is 5.10 Å². The van der Waals surface area contributed by atoms with E-state index in [2.05, 4.69) is 41.7 Å². The van der Waals surface area contributed by atoms with Crippen LogP contribution in [0.3, 0.4) is 0 Å². The third-order valence-electron chi connectivity index (χ3n) is 3.07. The Labute approximate surface area is 131 Å². The molecule has 0 unspecified atom stereocenters. The molecule has 0 spiro atoms. The van der Waals surface area contributed by atoms with Crippen LogP contribution in [-0.4, -0.2) is 31.3 Å². The molecule has 0 aromatic heterocycles. The molecule has 0 bridgehead atoms. The third kappa shape index (κ3) is 5.21. The molecule has 1 N–H and O–H groups in total. The zero-order chi connectivity index (χ0) is 15.1. The maximum atomic E-state index is 5.89. The molecule has 2 rings (SSSR count). The molecule has 3 nitrogen and oxygen atoms in total. The molecular formula is C17H20ClN3. The van der Waals surface area contributed by atoms with Crippen molar-refractivity contribution in [1.29, 1.82) is 0 Å². The van der Waals surface area contributed by atoms with Crippen LogP contribution in [0.25, 0.3) is 0 Å². The van der Waals surface area contributed by atoms with E-state index >= 15 is 0 Å². The molecule has 2 aromatic rings. The number of hydrazone groups is 1. The van der Waals surface area contributed by atoms with Gasteiger partial charge in [-0.1, -0.05) is 41.9 Å². The van der Waals surface area contributed by atoms with Gasteiger partial charge in [0.05, 0.1) is 11.4 Å². The highest BCUT2D eigenvalue weighted by Gasteiger charge is 2.04. The predicted molar refractivity (Wildman–Crippen MR) is 91.2 cm³/mol. The van der Waals surface area contributed by atoms with E-state index in [0.29, 0.717) is 0 Å². The maximum Gasteiger partial charge on any atom is 0.0692 e. The average molecular weight is 302 g/mol. The Kier molecular flexibility index (Phi) is 5.78. The summed E-state index contributed by atoms with van der Waals surface area (Å²) in [6.07, 6.45) is 0.887. The summed E-state index contributed by atoms with van der Waals surface area (Å²) in [6.45, 7) is 0.954. The van der Waals surface area contributed by atoms with E-state index in [1.807, 2.05) is 42.5 Å². The van der Waals surface area contributed by atoms with Crippen molar-refractivity contribution in [1.82, 2.24) is 4.90 Å². The summed E-state index contributed by atoms with van der Waals surface area (Å²) in [7, 11) is 4.13. The molecule has 4 heteroatoms. The van der Waals surface area contributed by atoms with Gasteiger partial charge < -0.3 is 4.90 Å².